The number of pyridine rings is 1. The van der Waals surface area contributed by atoms with Crippen LogP contribution in [0.4, 0.5) is 23.2 Å². The normalized spacial score (nSPS) is 17.7. The molecule has 3 atom stereocenters. The predicted molar refractivity (Wildman–Crippen MR) is 129 cm³/mol. The van der Waals surface area contributed by atoms with Crippen molar-refractivity contribution in [1.29, 1.82) is 0 Å². The van der Waals surface area contributed by atoms with Gasteiger partial charge in [-0.05, 0) is 36.8 Å². The molecule has 0 aliphatic heterocycles. The quantitative estimate of drug-likeness (QED) is 0.313. The van der Waals surface area contributed by atoms with Crippen LogP contribution < -0.4 is 11.0 Å². The number of rotatable bonds is 8. The van der Waals surface area contributed by atoms with Gasteiger partial charge in [0.05, 0.1) is 24.3 Å². The first kappa shape index (κ1) is 26.5. The maximum atomic E-state index is 13.3. The zero-order chi connectivity index (χ0) is 27.9. The minimum atomic E-state index is -4.96. The molecule has 1 aliphatic carbocycles. The molecule has 11 nitrogen and oxygen atoms in total. The van der Waals surface area contributed by atoms with E-state index in [1.807, 2.05) is 0 Å². The molecule has 0 saturated heterocycles. The average Bonchev–Trinajstić information content (AvgIpc) is 3.32. The first-order chi connectivity index (χ1) is 18.5. The summed E-state index contributed by atoms with van der Waals surface area (Å²) in [4.78, 5) is 33.4. The third-order valence-electron chi connectivity index (χ3n) is 5.94. The maximum absolute atomic E-state index is 13.3. The summed E-state index contributed by atoms with van der Waals surface area (Å²) in [5, 5.41) is 21.0. The number of amides is 1. The number of anilines is 1. The summed E-state index contributed by atoms with van der Waals surface area (Å²) < 4.78 is 55.3. The highest BCUT2D eigenvalue weighted by atomic mass is 35.5. The molecule has 2 N–H and O–H groups in total. The topological polar surface area (TPSA) is 133 Å². The van der Waals surface area contributed by atoms with Crippen molar-refractivity contribution >= 4 is 23.2 Å². The zero-order valence-corrected chi connectivity index (χ0v) is 20.5. The van der Waals surface area contributed by atoms with Gasteiger partial charge in [-0.2, -0.15) is 13.2 Å². The number of hydrogen-bond acceptors (Lipinski definition) is 7. The van der Waals surface area contributed by atoms with Crippen LogP contribution in [0.2, 0.25) is 5.02 Å². The molecule has 204 valence electrons. The van der Waals surface area contributed by atoms with Gasteiger partial charge in [-0.25, -0.2) is 23.5 Å². The van der Waals surface area contributed by atoms with Crippen LogP contribution in [0.1, 0.15) is 12.2 Å². The van der Waals surface area contributed by atoms with Crippen LogP contribution in [0.25, 0.3) is 17.1 Å². The number of aromatic nitrogens is 7. The van der Waals surface area contributed by atoms with Crippen molar-refractivity contribution in [1.82, 2.24) is 34.1 Å². The van der Waals surface area contributed by atoms with E-state index in [-0.39, 0.29) is 24.6 Å². The Morgan fingerprint density at radius 1 is 1.21 bits per heavy atom. The number of nitrogens with zero attached hydrogens (tertiary/aromatic N) is 7. The van der Waals surface area contributed by atoms with Gasteiger partial charge in [0.1, 0.15) is 24.7 Å². The fourth-order valence-corrected chi connectivity index (χ4v) is 3.88. The van der Waals surface area contributed by atoms with Crippen molar-refractivity contribution in [3.63, 3.8) is 0 Å². The fourth-order valence-electron chi connectivity index (χ4n) is 3.75. The molecule has 0 bridgehead atoms. The molecule has 1 fully saturated rings. The van der Waals surface area contributed by atoms with E-state index in [1.165, 1.54) is 53.7 Å². The second kappa shape index (κ2) is 10.2. The Hall–Kier alpha value is -4.11. The predicted octanol–water partition coefficient (Wildman–Crippen LogP) is 2.61. The van der Waals surface area contributed by atoms with E-state index in [1.54, 1.807) is 0 Å². The van der Waals surface area contributed by atoms with E-state index in [4.69, 9.17) is 11.6 Å². The highest BCUT2D eigenvalue weighted by Gasteiger charge is 2.44. The third-order valence-corrected chi connectivity index (χ3v) is 6.20. The Balaban J connectivity index is 1.43. The molecule has 3 aromatic heterocycles. The molecule has 39 heavy (non-hydrogen) atoms. The lowest BCUT2D eigenvalue weighted by atomic mass is 10.2. The Kier molecular flexibility index (Phi) is 6.94. The summed E-state index contributed by atoms with van der Waals surface area (Å²) in [5.74, 6) is -1.26. The van der Waals surface area contributed by atoms with Gasteiger partial charge in [0.15, 0.2) is 17.8 Å². The molecule has 0 spiro atoms. The van der Waals surface area contributed by atoms with Crippen LogP contribution in [0.3, 0.4) is 0 Å². The highest BCUT2D eigenvalue weighted by Crippen LogP contribution is 2.35. The van der Waals surface area contributed by atoms with Crippen LogP contribution >= 0.6 is 11.6 Å². The maximum Gasteiger partial charge on any atom is 0.416 e. The van der Waals surface area contributed by atoms with Gasteiger partial charge in [-0.3, -0.25) is 14.3 Å². The summed E-state index contributed by atoms with van der Waals surface area (Å²) in [6.45, 7) is -1.41. The Labute approximate surface area is 221 Å². The molecular formula is C23H19ClF4N8O3. The third kappa shape index (κ3) is 5.68. The first-order valence-electron chi connectivity index (χ1n) is 11.5. The van der Waals surface area contributed by atoms with Crippen molar-refractivity contribution < 1.29 is 27.5 Å². The zero-order valence-electron chi connectivity index (χ0n) is 19.8. The standard InChI is InChI=1S/C23H19ClF4N8O3/c24-13-3-1-12(2-4-13)20-33-35(22(39)34(20)9-18(37)23(26,27)28)10-19-30-11-36(32-19)17-8-29-6-5-16(17)31-21(38)14-7-15(14)25/h1-6,8,11,14-15,18,37H,7,9-10H2,(H,29,31,38). The Morgan fingerprint density at radius 2 is 1.92 bits per heavy atom. The van der Waals surface area contributed by atoms with Crippen molar-refractivity contribution in [2.45, 2.75) is 38.0 Å². The number of aliphatic hydroxyl groups is 1. The van der Waals surface area contributed by atoms with Crippen molar-refractivity contribution in [2.24, 2.45) is 5.92 Å². The Bertz CT molecular complexity index is 1570. The molecule has 4 aromatic rings. The van der Waals surface area contributed by atoms with Gasteiger partial charge in [-0.15, -0.1) is 10.2 Å². The minimum Gasteiger partial charge on any atom is -0.382 e. The van der Waals surface area contributed by atoms with Crippen molar-refractivity contribution in [2.75, 3.05) is 5.32 Å². The molecule has 3 unspecified atom stereocenters. The average molecular weight is 567 g/mol. The number of nitrogens with one attached hydrogen (secondary N) is 1. The second-order valence-corrected chi connectivity index (χ2v) is 9.22. The minimum absolute atomic E-state index is 0.0629. The van der Waals surface area contributed by atoms with Gasteiger partial charge in [0.2, 0.25) is 5.91 Å². The molecule has 1 aromatic carbocycles. The molecule has 16 heteroatoms. The van der Waals surface area contributed by atoms with E-state index in [2.05, 4.69) is 25.5 Å². The molecule has 3 heterocycles. The number of aliphatic hydroxyl groups excluding tert-OH is 1. The lowest BCUT2D eigenvalue weighted by Gasteiger charge is -2.15. The number of hydrogen-bond donors (Lipinski definition) is 2. The van der Waals surface area contributed by atoms with Gasteiger partial charge < -0.3 is 10.4 Å². The van der Waals surface area contributed by atoms with Crippen molar-refractivity contribution in [3.8, 4) is 17.1 Å². The number of carbonyl (C=O) groups excluding carboxylic acids is 1. The van der Waals surface area contributed by atoms with Crippen LogP contribution in [0.15, 0.2) is 53.8 Å². The molecule has 1 aliphatic rings. The Morgan fingerprint density at radius 3 is 2.59 bits per heavy atom. The smallest absolute Gasteiger partial charge is 0.382 e. The lowest BCUT2D eigenvalue weighted by molar-refractivity contribution is -0.207. The monoisotopic (exact) mass is 566 g/mol. The summed E-state index contributed by atoms with van der Waals surface area (Å²) in [7, 11) is 0. The molecule has 1 amide bonds. The van der Waals surface area contributed by atoms with E-state index in [9.17, 15) is 32.3 Å². The van der Waals surface area contributed by atoms with Crippen LogP contribution in [-0.2, 0) is 17.9 Å². The van der Waals surface area contributed by atoms with Gasteiger partial charge in [-0.1, -0.05) is 11.6 Å². The van der Waals surface area contributed by atoms with Gasteiger partial charge >= 0.3 is 11.9 Å². The molecule has 5 rings (SSSR count). The summed E-state index contributed by atoms with van der Waals surface area (Å²) in [6.07, 6.45) is -4.69. The first-order valence-corrected chi connectivity index (χ1v) is 11.9. The van der Waals surface area contributed by atoms with Crippen molar-refractivity contribution in [3.05, 3.63) is 70.4 Å². The summed E-state index contributed by atoms with van der Waals surface area (Å²) >= 11 is 5.90. The second-order valence-electron chi connectivity index (χ2n) is 8.78. The molecule has 1 saturated carbocycles. The number of halogens is 5. The number of alkyl halides is 4. The van der Waals surface area contributed by atoms with Gasteiger partial charge in [0.25, 0.3) is 0 Å². The van der Waals surface area contributed by atoms with Crippen LogP contribution in [0.5, 0.6) is 0 Å². The van der Waals surface area contributed by atoms with E-state index >= 15 is 0 Å². The van der Waals surface area contributed by atoms with E-state index in [0.29, 0.717) is 26.5 Å². The highest BCUT2D eigenvalue weighted by molar-refractivity contribution is 6.30. The van der Waals surface area contributed by atoms with Crippen LogP contribution in [0, 0.1) is 5.92 Å². The molecule has 0 radical (unpaired) electrons. The van der Waals surface area contributed by atoms with E-state index in [0.717, 1.165) is 4.68 Å². The summed E-state index contributed by atoms with van der Waals surface area (Å²) in [6, 6.07) is 7.41. The summed E-state index contributed by atoms with van der Waals surface area (Å²) in [5.41, 5.74) is -0.0176. The number of benzene rings is 1. The van der Waals surface area contributed by atoms with Gasteiger partial charge in [0, 0.05) is 16.8 Å². The number of carbonyl (C=O) groups is 1. The largest absolute Gasteiger partial charge is 0.416 e. The van der Waals surface area contributed by atoms with E-state index < -0.39 is 42.5 Å². The fraction of sp³-hybridized carbons (Fsp3) is 0.304. The molecular weight excluding hydrogens is 548 g/mol. The lowest BCUT2D eigenvalue weighted by Crippen LogP contribution is -2.37. The SMILES string of the molecule is O=C(Nc1ccncc1-n1cnc(Cn2nc(-c3ccc(Cl)cc3)n(CC(O)C(F)(F)F)c2=O)n1)C1CC1F. The van der Waals surface area contributed by atoms with Crippen LogP contribution in [-0.4, -0.2) is 63.6 Å².